The van der Waals surface area contributed by atoms with Crippen LogP contribution in [0.3, 0.4) is 0 Å². The Labute approximate surface area is 77.6 Å². The summed E-state index contributed by atoms with van der Waals surface area (Å²) >= 11 is 0. The lowest BCUT2D eigenvalue weighted by atomic mass is 10.1. The molecule has 0 radical (unpaired) electrons. The summed E-state index contributed by atoms with van der Waals surface area (Å²) in [6, 6.07) is 0. The second-order valence-electron chi connectivity index (χ2n) is 2.64. The van der Waals surface area contributed by atoms with E-state index >= 15 is 0 Å². The summed E-state index contributed by atoms with van der Waals surface area (Å²) in [4.78, 5) is 36.5. The van der Waals surface area contributed by atoms with Crippen LogP contribution in [0.1, 0.15) is 11.3 Å². The number of hydrogen-bond acceptors (Lipinski definition) is 4. The van der Waals surface area contributed by atoms with Gasteiger partial charge in [0.05, 0.1) is 6.42 Å². The van der Waals surface area contributed by atoms with E-state index in [9.17, 15) is 14.4 Å². The van der Waals surface area contributed by atoms with Crippen LogP contribution in [-0.2, 0) is 17.8 Å². The summed E-state index contributed by atoms with van der Waals surface area (Å²) in [6.07, 6.45) is -0.460. The maximum Gasteiger partial charge on any atom is 0.325 e. The topological polar surface area (TPSA) is 129 Å². The van der Waals surface area contributed by atoms with Gasteiger partial charge in [-0.1, -0.05) is 0 Å². The fourth-order valence-electron chi connectivity index (χ4n) is 1.07. The standard InChI is InChI=1S/C7H9N3O4/c8-2-4-3(1-5(11)12)6(13)10-7(14)9-4/h1-2,8H2,(H,11,12)(H2,9,10,13,14). The average Bonchev–Trinajstić information content (AvgIpc) is 2.08. The van der Waals surface area contributed by atoms with Crippen molar-refractivity contribution in [3.63, 3.8) is 0 Å². The van der Waals surface area contributed by atoms with Gasteiger partial charge >= 0.3 is 11.7 Å². The molecule has 0 amide bonds. The molecular formula is C7H9N3O4. The number of nitrogens with two attached hydrogens (primary N) is 1. The van der Waals surface area contributed by atoms with E-state index in [4.69, 9.17) is 10.8 Å². The van der Waals surface area contributed by atoms with Gasteiger partial charge in [0.1, 0.15) is 0 Å². The summed E-state index contributed by atoms with van der Waals surface area (Å²) in [5.41, 5.74) is 3.99. The molecule has 0 aliphatic carbocycles. The molecule has 76 valence electrons. The molecule has 1 aromatic rings. The fourth-order valence-corrected chi connectivity index (χ4v) is 1.07. The van der Waals surface area contributed by atoms with Crippen molar-refractivity contribution in [1.29, 1.82) is 0 Å². The molecule has 1 rings (SSSR count). The smallest absolute Gasteiger partial charge is 0.325 e. The van der Waals surface area contributed by atoms with Crippen LogP contribution in [0, 0.1) is 0 Å². The van der Waals surface area contributed by atoms with Gasteiger partial charge in [-0.05, 0) is 0 Å². The van der Waals surface area contributed by atoms with Crippen LogP contribution >= 0.6 is 0 Å². The first kappa shape index (κ1) is 10.2. The molecule has 0 bridgehead atoms. The first-order chi connectivity index (χ1) is 6.54. The molecule has 7 heteroatoms. The Kier molecular flexibility index (Phi) is 2.82. The van der Waals surface area contributed by atoms with Gasteiger partial charge in [-0.3, -0.25) is 14.6 Å². The van der Waals surface area contributed by atoms with Gasteiger partial charge in [0.25, 0.3) is 5.56 Å². The maximum absolute atomic E-state index is 11.2. The molecule has 0 unspecified atom stereocenters. The third kappa shape index (κ3) is 2.07. The number of H-pyrrole nitrogens is 2. The van der Waals surface area contributed by atoms with Gasteiger partial charge in [0, 0.05) is 17.8 Å². The van der Waals surface area contributed by atoms with Crippen LogP contribution in [0.5, 0.6) is 0 Å². The first-order valence-electron chi connectivity index (χ1n) is 3.80. The largest absolute Gasteiger partial charge is 0.481 e. The molecule has 1 aromatic heterocycles. The van der Waals surface area contributed by atoms with E-state index in [-0.39, 0.29) is 17.8 Å². The highest BCUT2D eigenvalue weighted by molar-refractivity contribution is 5.70. The van der Waals surface area contributed by atoms with Gasteiger partial charge in [-0.15, -0.1) is 0 Å². The van der Waals surface area contributed by atoms with Gasteiger partial charge < -0.3 is 15.8 Å². The number of carbonyl (C=O) groups is 1. The zero-order valence-corrected chi connectivity index (χ0v) is 7.16. The summed E-state index contributed by atoms with van der Waals surface area (Å²) in [5, 5.41) is 8.50. The monoisotopic (exact) mass is 199 g/mol. The van der Waals surface area contributed by atoms with Crippen molar-refractivity contribution in [2.75, 3.05) is 0 Å². The number of nitrogens with one attached hydrogen (secondary N) is 2. The number of hydrogen-bond donors (Lipinski definition) is 4. The molecule has 1 heterocycles. The van der Waals surface area contributed by atoms with Crippen molar-refractivity contribution < 1.29 is 9.90 Å². The lowest BCUT2D eigenvalue weighted by molar-refractivity contribution is -0.136. The summed E-state index contributed by atoms with van der Waals surface area (Å²) in [7, 11) is 0. The van der Waals surface area contributed by atoms with Crippen LogP contribution in [0.25, 0.3) is 0 Å². The number of carboxylic acid groups (broad SMARTS) is 1. The van der Waals surface area contributed by atoms with Crippen molar-refractivity contribution in [3.8, 4) is 0 Å². The fraction of sp³-hybridized carbons (Fsp3) is 0.286. The minimum atomic E-state index is -1.16. The van der Waals surface area contributed by atoms with Gasteiger partial charge in [-0.2, -0.15) is 0 Å². The number of carboxylic acids is 1. The van der Waals surface area contributed by atoms with Crippen molar-refractivity contribution >= 4 is 5.97 Å². The van der Waals surface area contributed by atoms with Gasteiger partial charge in [0.15, 0.2) is 0 Å². The Morgan fingerprint density at radius 2 is 2.00 bits per heavy atom. The first-order valence-corrected chi connectivity index (χ1v) is 3.80. The SMILES string of the molecule is NCc1[nH]c(=O)[nH]c(=O)c1CC(=O)O. The van der Waals surface area contributed by atoms with E-state index in [1.54, 1.807) is 0 Å². The van der Waals surface area contributed by atoms with Crippen LogP contribution in [0.2, 0.25) is 0 Å². The second kappa shape index (κ2) is 3.88. The highest BCUT2D eigenvalue weighted by Gasteiger charge is 2.11. The quantitative estimate of drug-likeness (QED) is 0.454. The molecule has 0 saturated carbocycles. The number of aromatic amines is 2. The summed E-state index contributed by atoms with van der Waals surface area (Å²) in [5.74, 6) is -1.16. The summed E-state index contributed by atoms with van der Waals surface area (Å²) < 4.78 is 0. The van der Waals surface area contributed by atoms with Crippen LogP contribution in [0.15, 0.2) is 9.59 Å². The van der Waals surface area contributed by atoms with E-state index in [1.807, 2.05) is 4.98 Å². The van der Waals surface area contributed by atoms with Crippen molar-refractivity contribution in [2.45, 2.75) is 13.0 Å². The van der Waals surface area contributed by atoms with E-state index in [2.05, 4.69) is 4.98 Å². The molecular weight excluding hydrogens is 190 g/mol. The molecule has 0 aromatic carbocycles. The van der Waals surface area contributed by atoms with Crippen molar-refractivity contribution in [1.82, 2.24) is 9.97 Å². The molecule has 0 spiro atoms. The Morgan fingerprint density at radius 1 is 1.36 bits per heavy atom. The van der Waals surface area contributed by atoms with Crippen molar-refractivity contribution in [3.05, 3.63) is 32.1 Å². The maximum atomic E-state index is 11.2. The zero-order chi connectivity index (χ0) is 10.7. The third-order valence-electron chi connectivity index (χ3n) is 1.66. The normalized spacial score (nSPS) is 10.1. The van der Waals surface area contributed by atoms with E-state index < -0.39 is 23.6 Å². The second-order valence-corrected chi connectivity index (χ2v) is 2.64. The molecule has 0 aliphatic heterocycles. The molecule has 7 nitrogen and oxygen atoms in total. The van der Waals surface area contributed by atoms with E-state index in [0.717, 1.165) is 0 Å². The Hall–Kier alpha value is -1.89. The van der Waals surface area contributed by atoms with E-state index in [0.29, 0.717) is 0 Å². The predicted octanol–water partition coefficient (Wildman–Crippen LogP) is -1.85. The molecule has 0 atom stereocenters. The minimum Gasteiger partial charge on any atom is -0.481 e. The van der Waals surface area contributed by atoms with E-state index in [1.165, 1.54) is 0 Å². The molecule has 5 N–H and O–H groups in total. The number of aliphatic carboxylic acids is 1. The lowest BCUT2D eigenvalue weighted by Gasteiger charge is -2.02. The Balaban J connectivity index is 3.32. The Bertz CT molecular complexity index is 459. The lowest BCUT2D eigenvalue weighted by Crippen LogP contribution is -2.30. The van der Waals surface area contributed by atoms with Gasteiger partial charge in [0.2, 0.25) is 0 Å². The highest BCUT2D eigenvalue weighted by atomic mass is 16.4. The molecule has 0 saturated heterocycles. The zero-order valence-electron chi connectivity index (χ0n) is 7.16. The van der Waals surface area contributed by atoms with Crippen LogP contribution in [-0.4, -0.2) is 21.0 Å². The van der Waals surface area contributed by atoms with Crippen LogP contribution < -0.4 is 17.0 Å². The number of rotatable bonds is 3. The minimum absolute atomic E-state index is 0.0143. The van der Waals surface area contributed by atoms with Gasteiger partial charge in [-0.25, -0.2) is 4.79 Å². The molecule has 0 aliphatic rings. The van der Waals surface area contributed by atoms with Crippen LogP contribution in [0.4, 0.5) is 0 Å². The molecule has 14 heavy (non-hydrogen) atoms. The highest BCUT2D eigenvalue weighted by Crippen LogP contribution is 1.96. The third-order valence-corrected chi connectivity index (χ3v) is 1.66. The molecule has 0 fully saturated rings. The average molecular weight is 199 g/mol. The van der Waals surface area contributed by atoms with Crippen molar-refractivity contribution in [2.24, 2.45) is 5.73 Å². The summed E-state index contributed by atoms with van der Waals surface area (Å²) in [6.45, 7) is -0.0816. The Morgan fingerprint density at radius 3 is 2.50 bits per heavy atom. The predicted molar refractivity (Wildman–Crippen MR) is 46.9 cm³/mol. The number of aromatic nitrogens is 2.